The van der Waals surface area contributed by atoms with Crippen molar-refractivity contribution in [2.24, 2.45) is 0 Å². The minimum Gasteiger partial charge on any atom is -0.494 e. The van der Waals surface area contributed by atoms with Crippen LogP contribution >= 0.6 is 0 Å². The van der Waals surface area contributed by atoms with E-state index in [1.54, 1.807) is 36.4 Å². The van der Waals surface area contributed by atoms with E-state index in [0.29, 0.717) is 30.3 Å². The molecule has 0 amide bonds. The summed E-state index contributed by atoms with van der Waals surface area (Å²) >= 11 is 0. The molecule has 1 N–H and O–H groups in total. The first-order chi connectivity index (χ1) is 16.8. The maximum absolute atomic E-state index is 13.4. The molecule has 1 aliphatic heterocycles. The van der Waals surface area contributed by atoms with E-state index < -0.39 is 20.6 Å². The molecule has 0 aromatic heterocycles. The van der Waals surface area contributed by atoms with Gasteiger partial charge >= 0.3 is 5.97 Å². The van der Waals surface area contributed by atoms with Crippen LogP contribution in [0.15, 0.2) is 53.4 Å². The average Bonchev–Trinajstić information content (AvgIpc) is 2.86. The lowest BCUT2D eigenvalue weighted by Crippen LogP contribution is -2.45. The zero-order valence-corrected chi connectivity index (χ0v) is 21.6. The minimum absolute atomic E-state index is 0.0390. The Hall–Kier alpha value is -2.58. The fourth-order valence-electron chi connectivity index (χ4n) is 4.16. The zero-order chi connectivity index (χ0) is 25.3. The van der Waals surface area contributed by atoms with Gasteiger partial charge in [-0.3, -0.25) is 9.69 Å². The second kappa shape index (κ2) is 12.4. The molecule has 0 saturated carbocycles. The minimum atomic E-state index is -4.17. The summed E-state index contributed by atoms with van der Waals surface area (Å²) in [7, 11) is -4.17. The summed E-state index contributed by atoms with van der Waals surface area (Å²) in [6.45, 7) is 7.55. The summed E-state index contributed by atoms with van der Waals surface area (Å²) in [4.78, 5) is 14.6. The quantitative estimate of drug-likeness (QED) is 0.400. The van der Waals surface area contributed by atoms with Crippen molar-refractivity contribution in [2.45, 2.75) is 62.0 Å². The van der Waals surface area contributed by atoms with Crippen LogP contribution in [0.25, 0.3) is 0 Å². The van der Waals surface area contributed by atoms with Crippen LogP contribution in [0.2, 0.25) is 0 Å². The number of benzene rings is 2. The van der Waals surface area contributed by atoms with Crippen molar-refractivity contribution in [3.63, 3.8) is 0 Å². The van der Waals surface area contributed by atoms with Gasteiger partial charge in [-0.05, 0) is 81.2 Å². The van der Waals surface area contributed by atoms with Gasteiger partial charge in [0.25, 0.3) is 0 Å². The third-order valence-electron chi connectivity index (χ3n) is 6.54. The van der Waals surface area contributed by atoms with Gasteiger partial charge in [0.05, 0.1) is 11.5 Å². The number of ether oxygens (including phenoxy) is 2. The van der Waals surface area contributed by atoms with Crippen LogP contribution in [0, 0.1) is 0 Å². The highest BCUT2D eigenvalue weighted by atomic mass is 32.2. The molecule has 7 nitrogen and oxygen atoms in total. The predicted octanol–water partition coefficient (Wildman–Crippen LogP) is 4.59. The second-order valence-electron chi connectivity index (χ2n) is 9.28. The number of nitrogens with zero attached hydrogens (tertiary/aromatic N) is 1. The number of aliphatic carboxylic acids is 1. The van der Waals surface area contributed by atoms with E-state index in [2.05, 4.69) is 11.8 Å². The van der Waals surface area contributed by atoms with Gasteiger partial charge < -0.3 is 14.6 Å². The molecular weight excluding hydrogens is 466 g/mol. The maximum Gasteiger partial charge on any atom is 0.325 e. The molecule has 8 heteroatoms. The molecule has 1 saturated heterocycles. The number of hydrogen-bond donors (Lipinski definition) is 1. The van der Waals surface area contributed by atoms with E-state index in [1.807, 2.05) is 0 Å². The van der Waals surface area contributed by atoms with Gasteiger partial charge in [0, 0.05) is 13.0 Å². The third-order valence-corrected chi connectivity index (χ3v) is 8.93. The van der Waals surface area contributed by atoms with Crippen LogP contribution in [-0.4, -0.2) is 62.0 Å². The SMILES string of the molecule is CCCCOc1ccc(S(=O)(=O)C(C)(Cc2ccc(OCCN3CCCCC3)cc2)C(=O)O)cc1. The summed E-state index contributed by atoms with van der Waals surface area (Å²) < 4.78 is 36.2. The smallest absolute Gasteiger partial charge is 0.325 e. The van der Waals surface area contributed by atoms with Crippen molar-refractivity contribution in [1.82, 2.24) is 4.90 Å². The van der Waals surface area contributed by atoms with Crippen LogP contribution in [0.4, 0.5) is 0 Å². The number of likely N-dealkylation sites (tertiary alicyclic amines) is 1. The van der Waals surface area contributed by atoms with E-state index in [-0.39, 0.29) is 11.3 Å². The van der Waals surface area contributed by atoms with Gasteiger partial charge in [0.2, 0.25) is 0 Å². The highest BCUT2D eigenvalue weighted by molar-refractivity contribution is 7.93. The molecular formula is C27H37NO6S. The first-order valence-corrected chi connectivity index (χ1v) is 13.9. The molecule has 2 aromatic carbocycles. The standard InChI is InChI=1S/C27H37NO6S/c1-3-4-19-33-24-12-14-25(15-13-24)35(31,32)27(2,26(29)30)21-22-8-10-23(11-9-22)34-20-18-28-16-6-5-7-17-28/h8-15H,3-7,16-21H2,1-2H3,(H,29,30). The van der Waals surface area contributed by atoms with Crippen molar-refractivity contribution in [1.29, 1.82) is 0 Å². The van der Waals surface area contributed by atoms with Gasteiger partial charge in [-0.15, -0.1) is 0 Å². The number of unbranched alkanes of at least 4 members (excludes halogenated alkanes) is 1. The molecule has 3 rings (SSSR count). The average molecular weight is 504 g/mol. The van der Waals surface area contributed by atoms with Crippen molar-refractivity contribution in [3.8, 4) is 11.5 Å². The number of hydrogen-bond acceptors (Lipinski definition) is 6. The highest BCUT2D eigenvalue weighted by Gasteiger charge is 2.47. The summed E-state index contributed by atoms with van der Waals surface area (Å²) in [6.07, 6.45) is 5.50. The Morgan fingerprint density at radius 1 is 0.943 bits per heavy atom. The Kier molecular flexibility index (Phi) is 9.57. The fourth-order valence-corrected chi connectivity index (χ4v) is 5.76. The lowest BCUT2D eigenvalue weighted by molar-refractivity contribution is -0.139. The Morgan fingerprint density at radius 2 is 1.51 bits per heavy atom. The normalized spacial score (nSPS) is 16.4. The molecule has 192 valence electrons. The third kappa shape index (κ3) is 6.98. The van der Waals surface area contributed by atoms with Crippen molar-refractivity contribution in [2.75, 3.05) is 32.8 Å². The van der Waals surface area contributed by atoms with Crippen molar-refractivity contribution >= 4 is 15.8 Å². The molecule has 1 atom stereocenters. The second-order valence-corrected chi connectivity index (χ2v) is 11.7. The summed E-state index contributed by atoms with van der Waals surface area (Å²) in [5, 5.41) is 9.95. The largest absolute Gasteiger partial charge is 0.494 e. The molecule has 0 aliphatic carbocycles. The molecule has 0 spiro atoms. The van der Waals surface area contributed by atoms with Crippen molar-refractivity contribution in [3.05, 3.63) is 54.1 Å². The molecule has 1 unspecified atom stereocenters. The summed E-state index contributed by atoms with van der Waals surface area (Å²) in [6, 6.07) is 13.0. The number of carboxylic acid groups (broad SMARTS) is 1. The first-order valence-electron chi connectivity index (χ1n) is 12.4. The molecule has 1 fully saturated rings. The van der Waals surface area contributed by atoms with Crippen molar-refractivity contribution < 1.29 is 27.8 Å². The molecule has 35 heavy (non-hydrogen) atoms. The predicted molar refractivity (Wildman–Crippen MR) is 136 cm³/mol. The molecule has 2 aromatic rings. The Bertz CT molecular complexity index is 1050. The van der Waals surface area contributed by atoms with E-state index in [4.69, 9.17) is 9.47 Å². The number of carbonyl (C=O) groups is 1. The van der Waals surface area contributed by atoms with E-state index in [9.17, 15) is 18.3 Å². The Labute approximate surface area is 209 Å². The van der Waals surface area contributed by atoms with E-state index >= 15 is 0 Å². The van der Waals surface area contributed by atoms with Gasteiger partial charge in [-0.2, -0.15) is 0 Å². The topological polar surface area (TPSA) is 93.1 Å². The van der Waals surface area contributed by atoms with Crippen LogP contribution in [-0.2, 0) is 21.1 Å². The molecule has 1 aliphatic rings. The number of piperidine rings is 1. The zero-order valence-electron chi connectivity index (χ0n) is 20.7. The monoisotopic (exact) mass is 503 g/mol. The van der Waals surface area contributed by atoms with Crippen LogP contribution in [0.5, 0.6) is 11.5 Å². The summed E-state index contributed by atoms with van der Waals surface area (Å²) in [5.74, 6) is -0.141. The van der Waals surface area contributed by atoms with Gasteiger partial charge in [0.1, 0.15) is 18.1 Å². The molecule has 1 heterocycles. The Morgan fingerprint density at radius 3 is 2.09 bits per heavy atom. The molecule has 0 bridgehead atoms. The number of sulfone groups is 1. The lowest BCUT2D eigenvalue weighted by Gasteiger charge is -2.26. The molecule has 0 radical (unpaired) electrons. The first kappa shape index (κ1) is 27.0. The highest BCUT2D eigenvalue weighted by Crippen LogP contribution is 2.31. The van der Waals surface area contributed by atoms with Crippen LogP contribution < -0.4 is 9.47 Å². The van der Waals surface area contributed by atoms with Gasteiger partial charge in [0.15, 0.2) is 14.6 Å². The van der Waals surface area contributed by atoms with E-state index in [0.717, 1.165) is 32.5 Å². The summed E-state index contributed by atoms with van der Waals surface area (Å²) in [5.41, 5.74) is 0.612. The number of carboxylic acids is 1. The van der Waals surface area contributed by atoms with Gasteiger partial charge in [-0.1, -0.05) is 31.9 Å². The van der Waals surface area contributed by atoms with Crippen LogP contribution in [0.3, 0.4) is 0 Å². The number of rotatable bonds is 13. The van der Waals surface area contributed by atoms with E-state index in [1.165, 1.54) is 38.3 Å². The van der Waals surface area contributed by atoms with Gasteiger partial charge in [-0.25, -0.2) is 8.42 Å². The maximum atomic E-state index is 13.4. The van der Waals surface area contributed by atoms with Crippen LogP contribution in [0.1, 0.15) is 51.5 Å². The lowest BCUT2D eigenvalue weighted by atomic mass is 10.0. The fraction of sp³-hybridized carbons (Fsp3) is 0.519. The Balaban J connectivity index is 1.65.